The highest BCUT2D eigenvalue weighted by atomic mass is 32.1. The van der Waals surface area contributed by atoms with Crippen LogP contribution in [0, 0.1) is 5.92 Å². The van der Waals surface area contributed by atoms with Crippen LogP contribution in [0.5, 0.6) is 0 Å². The number of rotatable bonds is 6. The molecule has 130 valence electrons. The van der Waals surface area contributed by atoms with E-state index in [4.69, 9.17) is 0 Å². The molecule has 9 heteroatoms. The molecule has 1 amide bonds. The Labute approximate surface area is 148 Å². The van der Waals surface area contributed by atoms with E-state index in [9.17, 15) is 4.79 Å². The van der Waals surface area contributed by atoms with Crippen molar-refractivity contribution in [3.05, 3.63) is 28.7 Å². The molecule has 3 aromatic heterocycles. The Hall–Kier alpha value is -2.55. The standard InChI is InChI=1S/C16H19N7OS/c1-2-23-15-13(20-21-23)14(18-10-19-15)22-8-11(9-22)16(24)17-6-5-12-4-3-7-25-12/h3-4,7,10-11H,2,5-6,8-9H2,1H3,(H,17,24). The fourth-order valence-corrected chi connectivity index (χ4v) is 3.66. The second kappa shape index (κ2) is 6.75. The number of anilines is 1. The monoisotopic (exact) mass is 357 g/mol. The van der Waals surface area contributed by atoms with Gasteiger partial charge in [0, 0.05) is 31.1 Å². The number of carbonyl (C=O) groups is 1. The highest BCUT2D eigenvalue weighted by Gasteiger charge is 2.34. The number of carbonyl (C=O) groups excluding carboxylic acids is 1. The highest BCUT2D eigenvalue weighted by Crippen LogP contribution is 2.27. The van der Waals surface area contributed by atoms with Crippen LogP contribution < -0.4 is 10.2 Å². The van der Waals surface area contributed by atoms with E-state index in [1.54, 1.807) is 16.0 Å². The van der Waals surface area contributed by atoms with Crippen LogP contribution in [0.25, 0.3) is 11.2 Å². The van der Waals surface area contributed by atoms with Gasteiger partial charge in [-0.1, -0.05) is 11.3 Å². The highest BCUT2D eigenvalue weighted by molar-refractivity contribution is 7.09. The van der Waals surface area contributed by atoms with Gasteiger partial charge in [0.2, 0.25) is 5.91 Å². The largest absolute Gasteiger partial charge is 0.355 e. The summed E-state index contributed by atoms with van der Waals surface area (Å²) in [5.74, 6) is 0.859. The quantitative estimate of drug-likeness (QED) is 0.711. The average molecular weight is 357 g/mol. The van der Waals surface area contributed by atoms with Crippen LogP contribution >= 0.6 is 11.3 Å². The van der Waals surface area contributed by atoms with E-state index in [0.717, 1.165) is 17.9 Å². The van der Waals surface area contributed by atoms with Gasteiger partial charge in [-0.3, -0.25) is 4.79 Å². The lowest BCUT2D eigenvalue weighted by molar-refractivity contribution is -0.125. The van der Waals surface area contributed by atoms with E-state index in [-0.39, 0.29) is 11.8 Å². The summed E-state index contributed by atoms with van der Waals surface area (Å²) in [5, 5.41) is 13.4. The molecule has 0 aliphatic carbocycles. The maximum Gasteiger partial charge on any atom is 0.226 e. The fourth-order valence-electron chi connectivity index (χ4n) is 2.95. The van der Waals surface area contributed by atoms with Crippen molar-refractivity contribution in [3.8, 4) is 0 Å². The lowest BCUT2D eigenvalue weighted by Gasteiger charge is -2.38. The molecule has 1 saturated heterocycles. The Morgan fingerprint density at radius 2 is 2.28 bits per heavy atom. The minimum atomic E-state index is -0.00503. The number of fused-ring (bicyclic) bond motifs is 1. The summed E-state index contributed by atoms with van der Waals surface area (Å²) in [6, 6.07) is 4.12. The molecule has 25 heavy (non-hydrogen) atoms. The normalized spacial score (nSPS) is 14.7. The number of hydrogen-bond donors (Lipinski definition) is 1. The van der Waals surface area contributed by atoms with Gasteiger partial charge in [-0.05, 0) is 24.8 Å². The molecular formula is C16H19N7OS. The molecule has 8 nitrogen and oxygen atoms in total. The van der Waals surface area contributed by atoms with Crippen molar-refractivity contribution in [2.24, 2.45) is 5.92 Å². The van der Waals surface area contributed by atoms with Crippen molar-refractivity contribution in [3.63, 3.8) is 0 Å². The summed E-state index contributed by atoms with van der Waals surface area (Å²) in [7, 11) is 0. The number of nitrogens with one attached hydrogen (secondary N) is 1. The zero-order valence-electron chi connectivity index (χ0n) is 13.9. The molecule has 0 atom stereocenters. The zero-order valence-corrected chi connectivity index (χ0v) is 14.7. The Morgan fingerprint density at radius 1 is 1.40 bits per heavy atom. The van der Waals surface area contributed by atoms with E-state index < -0.39 is 0 Å². The van der Waals surface area contributed by atoms with Crippen molar-refractivity contribution in [2.45, 2.75) is 19.9 Å². The first-order valence-corrected chi connectivity index (χ1v) is 9.23. The minimum absolute atomic E-state index is 0.00503. The summed E-state index contributed by atoms with van der Waals surface area (Å²) in [5.41, 5.74) is 1.43. The molecule has 1 fully saturated rings. The Bertz CT molecular complexity index is 870. The van der Waals surface area contributed by atoms with Crippen LogP contribution in [0.2, 0.25) is 0 Å². The number of amides is 1. The van der Waals surface area contributed by atoms with Gasteiger partial charge in [0.25, 0.3) is 0 Å². The van der Waals surface area contributed by atoms with Crippen molar-refractivity contribution in [1.29, 1.82) is 0 Å². The Morgan fingerprint density at radius 3 is 3.04 bits per heavy atom. The van der Waals surface area contributed by atoms with Gasteiger partial charge in [-0.25, -0.2) is 14.6 Å². The number of aryl methyl sites for hydroxylation is 1. The number of aromatic nitrogens is 5. The number of hydrogen-bond acceptors (Lipinski definition) is 7. The molecule has 0 saturated carbocycles. The molecule has 0 unspecified atom stereocenters. The third-order valence-electron chi connectivity index (χ3n) is 4.38. The van der Waals surface area contributed by atoms with Gasteiger partial charge in [-0.2, -0.15) is 0 Å². The lowest BCUT2D eigenvalue weighted by Crippen LogP contribution is -2.54. The predicted octanol–water partition coefficient (Wildman–Crippen LogP) is 1.10. The summed E-state index contributed by atoms with van der Waals surface area (Å²) in [6.45, 7) is 4.68. The molecule has 0 aromatic carbocycles. The molecular weight excluding hydrogens is 338 g/mol. The third-order valence-corrected chi connectivity index (χ3v) is 5.32. The second-order valence-electron chi connectivity index (χ2n) is 6.00. The van der Waals surface area contributed by atoms with Crippen LogP contribution in [-0.2, 0) is 17.8 Å². The van der Waals surface area contributed by atoms with Gasteiger partial charge in [-0.15, -0.1) is 16.4 Å². The van der Waals surface area contributed by atoms with E-state index in [1.165, 1.54) is 11.2 Å². The van der Waals surface area contributed by atoms with Crippen LogP contribution in [0.15, 0.2) is 23.8 Å². The molecule has 1 aliphatic heterocycles. The number of thiophene rings is 1. The van der Waals surface area contributed by atoms with Crippen molar-refractivity contribution in [2.75, 3.05) is 24.5 Å². The molecule has 0 spiro atoms. The average Bonchev–Trinajstić information content (AvgIpc) is 3.23. The van der Waals surface area contributed by atoms with E-state index in [1.807, 2.05) is 13.0 Å². The fraction of sp³-hybridized carbons (Fsp3) is 0.438. The van der Waals surface area contributed by atoms with Gasteiger partial charge in [0.1, 0.15) is 6.33 Å². The first-order valence-electron chi connectivity index (χ1n) is 8.35. The molecule has 1 aliphatic rings. The second-order valence-corrected chi connectivity index (χ2v) is 7.03. The predicted molar refractivity (Wildman–Crippen MR) is 95.5 cm³/mol. The Kier molecular flexibility index (Phi) is 4.31. The minimum Gasteiger partial charge on any atom is -0.355 e. The van der Waals surface area contributed by atoms with Crippen molar-refractivity contribution < 1.29 is 4.79 Å². The van der Waals surface area contributed by atoms with E-state index in [2.05, 4.69) is 41.9 Å². The van der Waals surface area contributed by atoms with Crippen molar-refractivity contribution >= 4 is 34.2 Å². The van der Waals surface area contributed by atoms with Gasteiger partial charge in [0.05, 0.1) is 5.92 Å². The van der Waals surface area contributed by atoms with E-state index >= 15 is 0 Å². The third kappa shape index (κ3) is 3.07. The summed E-state index contributed by atoms with van der Waals surface area (Å²) < 4.78 is 1.75. The van der Waals surface area contributed by atoms with E-state index in [0.29, 0.717) is 31.7 Å². The molecule has 1 N–H and O–H groups in total. The van der Waals surface area contributed by atoms with Crippen LogP contribution in [0.3, 0.4) is 0 Å². The summed E-state index contributed by atoms with van der Waals surface area (Å²) in [4.78, 5) is 24.2. The Balaban J connectivity index is 1.34. The van der Waals surface area contributed by atoms with Gasteiger partial charge in [0.15, 0.2) is 17.0 Å². The maximum absolute atomic E-state index is 12.2. The summed E-state index contributed by atoms with van der Waals surface area (Å²) >= 11 is 1.72. The first kappa shape index (κ1) is 15.9. The number of nitrogens with zero attached hydrogens (tertiary/aromatic N) is 6. The smallest absolute Gasteiger partial charge is 0.226 e. The van der Waals surface area contributed by atoms with Crippen molar-refractivity contribution in [1.82, 2.24) is 30.3 Å². The molecule has 3 aromatic rings. The van der Waals surface area contributed by atoms with Gasteiger partial charge < -0.3 is 10.2 Å². The lowest BCUT2D eigenvalue weighted by atomic mass is 9.99. The molecule has 0 radical (unpaired) electrons. The molecule has 4 heterocycles. The first-order chi connectivity index (χ1) is 12.3. The van der Waals surface area contributed by atoms with Crippen LogP contribution in [0.1, 0.15) is 11.8 Å². The molecule has 0 bridgehead atoms. The van der Waals surface area contributed by atoms with Crippen LogP contribution in [-0.4, -0.2) is 50.5 Å². The SMILES string of the molecule is CCn1nnc2c(N3CC(C(=O)NCCc4cccs4)C3)ncnc21. The summed E-state index contributed by atoms with van der Waals surface area (Å²) in [6.07, 6.45) is 2.41. The maximum atomic E-state index is 12.2. The van der Waals surface area contributed by atoms with Crippen LogP contribution in [0.4, 0.5) is 5.82 Å². The van der Waals surface area contributed by atoms with Gasteiger partial charge >= 0.3 is 0 Å². The topological polar surface area (TPSA) is 88.8 Å². The molecule has 4 rings (SSSR count). The zero-order chi connectivity index (χ0) is 17.2.